The zero-order valence-corrected chi connectivity index (χ0v) is 10.9. The van der Waals surface area contributed by atoms with Crippen molar-refractivity contribution >= 4 is 16.0 Å². The van der Waals surface area contributed by atoms with Gasteiger partial charge in [-0.1, -0.05) is 12.8 Å². The van der Waals surface area contributed by atoms with Gasteiger partial charge in [-0.05, 0) is 18.2 Å². The third kappa shape index (κ3) is 3.10. The lowest BCUT2D eigenvalue weighted by molar-refractivity contribution is 0.0692. The molecule has 0 aliphatic rings. The summed E-state index contributed by atoms with van der Waals surface area (Å²) < 4.78 is 38.5. The Kier molecular flexibility index (Phi) is 4.64. The van der Waals surface area contributed by atoms with Crippen LogP contribution >= 0.6 is 0 Å². The van der Waals surface area contributed by atoms with Crippen molar-refractivity contribution in [3.05, 3.63) is 29.6 Å². The van der Waals surface area contributed by atoms with Gasteiger partial charge in [0, 0.05) is 6.54 Å². The first-order valence-electron chi connectivity index (χ1n) is 5.31. The third-order valence-corrected chi connectivity index (χ3v) is 4.37. The van der Waals surface area contributed by atoms with Crippen LogP contribution < -0.4 is 0 Å². The lowest BCUT2D eigenvalue weighted by Gasteiger charge is -2.19. The van der Waals surface area contributed by atoms with E-state index in [4.69, 9.17) is 11.5 Å². The molecule has 0 amide bonds. The summed E-state index contributed by atoms with van der Waals surface area (Å²) in [6.07, 6.45) is 5.06. The Balaban J connectivity index is 3.47. The number of carbonyl (C=O) groups is 1. The SMILES string of the molecule is C#CCN(CC)S(=O)(=O)c1cc(F)ccc1C(=O)O. The van der Waals surface area contributed by atoms with Crippen LogP contribution in [0, 0.1) is 18.2 Å². The molecule has 19 heavy (non-hydrogen) atoms. The molecule has 0 aliphatic carbocycles. The molecule has 0 saturated carbocycles. The van der Waals surface area contributed by atoms with Crippen LogP contribution in [0.1, 0.15) is 17.3 Å². The molecule has 7 heteroatoms. The van der Waals surface area contributed by atoms with Crippen molar-refractivity contribution in [3.8, 4) is 12.3 Å². The van der Waals surface area contributed by atoms with E-state index in [-0.39, 0.29) is 13.1 Å². The summed E-state index contributed by atoms with van der Waals surface area (Å²) in [4.78, 5) is 10.4. The Morgan fingerprint density at radius 3 is 2.63 bits per heavy atom. The molecule has 0 aromatic heterocycles. The molecule has 0 radical (unpaired) electrons. The molecular weight excluding hydrogens is 273 g/mol. The van der Waals surface area contributed by atoms with Crippen LogP contribution in [0.2, 0.25) is 0 Å². The fraction of sp³-hybridized carbons (Fsp3) is 0.250. The monoisotopic (exact) mass is 285 g/mol. The Labute approximate surface area is 110 Å². The van der Waals surface area contributed by atoms with E-state index in [1.54, 1.807) is 6.92 Å². The first-order chi connectivity index (χ1) is 8.84. The predicted molar refractivity (Wildman–Crippen MR) is 66.6 cm³/mol. The summed E-state index contributed by atoms with van der Waals surface area (Å²) >= 11 is 0. The average Bonchev–Trinajstić information content (AvgIpc) is 2.35. The molecule has 0 bridgehead atoms. The van der Waals surface area contributed by atoms with Crippen LogP contribution in [-0.4, -0.2) is 36.9 Å². The number of benzene rings is 1. The van der Waals surface area contributed by atoms with E-state index < -0.39 is 32.3 Å². The summed E-state index contributed by atoms with van der Waals surface area (Å²) in [6.45, 7) is 1.39. The fourth-order valence-electron chi connectivity index (χ4n) is 1.49. The number of nitrogens with zero attached hydrogens (tertiary/aromatic N) is 1. The quantitative estimate of drug-likeness (QED) is 0.824. The van der Waals surface area contributed by atoms with Gasteiger partial charge in [-0.2, -0.15) is 4.31 Å². The van der Waals surface area contributed by atoms with Gasteiger partial charge >= 0.3 is 5.97 Å². The van der Waals surface area contributed by atoms with Gasteiger partial charge in [0.05, 0.1) is 17.0 Å². The van der Waals surface area contributed by atoms with Crippen molar-refractivity contribution in [1.29, 1.82) is 0 Å². The Bertz CT molecular complexity index is 634. The van der Waals surface area contributed by atoms with Crippen LogP contribution in [0.15, 0.2) is 23.1 Å². The zero-order valence-electron chi connectivity index (χ0n) is 10.1. The lowest BCUT2D eigenvalue weighted by atomic mass is 10.2. The highest BCUT2D eigenvalue weighted by atomic mass is 32.2. The number of halogens is 1. The second-order valence-electron chi connectivity index (χ2n) is 3.58. The number of aromatic carboxylic acids is 1. The topological polar surface area (TPSA) is 74.7 Å². The molecule has 1 aromatic carbocycles. The van der Waals surface area contributed by atoms with E-state index in [0.29, 0.717) is 6.07 Å². The smallest absolute Gasteiger partial charge is 0.337 e. The van der Waals surface area contributed by atoms with Crippen LogP contribution in [-0.2, 0) is 10.0 Å². The lowest BCUT2D eigenvalue weighted by Crippen LogP contribution is -2.32. The largest absolute Gasteiger partial charge is 0.478 e. The number of carboxylic acid groups (broad SMARTS) is 1. The molecule has 0 fully saturated rings. The van der Waals surface area contributed by atoms with Crippen LogP contribution in [0.25, 0.3) is 0 Å². The third-order valence-electron chi connectivity index (χ3n) is 2.41. The predicted octanol–water partition coefficient (Wildman–Crippen LogP) is 1.17. The number of terminal acetylenes is 1. The van der Waals surface area contributed by atoms with Crippen LogP contribution in [0.4, 0.5) is 4.39 Å². The highest BCUT2D eigenvalue weighted by Crippen LogP contribution is 2.21. The molecule has 0 atom stereocenters. The molecule has 1 N–H and O–H groups in total. The van der Waals surface area contributed by atoms with Gasteiger partial charge < -0.3 is 5.11 Å². The second-order valence-corrected chi connectivity index (χ2v) is 5.49. The molecule has 1 rings (SSSR count). The zero-order chi connectivity index (χ0) is 14.6. The maximum atomic E-state index is 13.2. The molecule has 102 valence electrons. The number of rotatable bonds is 5. The van der Waals surface area contributed by atoms with Gasteiger partial charge in [-0.15, -0.1) is 6.42 Å². The summed E-state index contributed by atoms with van der Waals surface area (Å²) in [5.74, 6) is -0.118. The Hall–Kier alpha value is -1.91. The fourth-order valence-corrected chi connectivity index (χ4v) is 3.05. The molecular formula is C12H12FNO4S. The van der Waals surface area contributed by atoms with E-state index in [1.165, 1.54) is 0 Å². The molecule has 0 spiro atoms. The molecule has 0 unspecified atom stereocenters. The maximum absolute atomic E-state index is 13.2. The molecule has 0 aliphatic heterocycles. The van der Waals surface area contributed by atoms with Crippen molar-refractivity contribution in [2.24, 2.45) is 0 Å². The highest BCUT2D eigenvalue weighted by Gasteiger charge is 2.28. The summed E-state index contributed by atoms with van der Waals surface area (Å²) in [5.41, 5.74) is -0.489. The molecule has 5 nitrogen and oxygen atoms in total. The first-order valence-corrected chi connectivity index (χ1v) is 6.75. The van der Waals surface area contributed by atoms with Crippen LogP contribution in [0.5, 0.6) is 0 Å². The number of hydrogen-bond donors (Lipinski definition) is 1. The van der Waals surface area contributed by atoms with Crippen molar-refractivity contribution in [2.75, 3.05) is 13.1 Å². The van der Waals surface area contributed by atoms with Crippen molar-refractivity contribution < 1.29 is 22.7 Å². The van der Waals surface area contributed by atoms with Gasteiger partial charge in [0.25, 0.3) is 0 Å². The number of hydrogen-bond acceptors (Lipinski definition) is 3. The van der Waals surface area contributed by atoms with Crippen molar-refractivity contribution in [1.82, 2.24) is 4.31 Å². The van der Waals surface area contributed by atoms with Gasteiger partial charge in [-0.3, -0.25) is 0 Å². The highest BCUT2D eigenvalue weighted by molar-refractivity contribution is 7.89. The Morgan fingerprint density at radius 1 is 1.53 bits per heavy atom. The second kappa shape index (κ2) is 5.82. The number of sulfonamides is 1. The van der Waals surface area contributed by atoms with Crippen LogP contribution in [0.3, 0.4) is 0 Å². The van der Waals surface area contributed by atoms with E-state index in [1.807, 2.05) is 0 Å². The van der Waals surface area contributed by atoms with Crippen molar-refractivity contribution in [3.63, 3.8) is 0 Å². The Morgan fingerprint density at radius 2 is 2.16 bits per heavy atom. The molecule has 1 aromatic rings. The average molecular weight is 285 g/mol. The summed E-state index contributed by atoms with van der Waals surface area (Å²) in [7, 11) is -4.14. The molecule has 0 saturated heterocycles. The van der Waals surface area contributed by atoms with Gasteiger partial charge in [0.2, 0.25) is 10.0 Å². The number of carboxylic acids is 1. The summed E-state index contributed by atoms with van der Waals surface area (Å²) in [5, 5.41) is 8.96. The first kappa shape index (κ1) is 15.1. The van der Waals surface area contributed by atoms with Crippen molar-refractivity contribution in [2.45, 2.75) is 11.8 Å². The maximum Gasteiger partial charge on any atom is 0.337 e. The minimum Gasteiger partial charge on any atom is -0.478 e. The van der Waals surface area contributed by atoms with Gasteiger partial charge in [0.1, 0.15) is 5.82 Å². The van der Waals surface area contributed by atoms with E-state index >= 15 is 0 Å². The minimum atomic E-state index is -4.14. The molecule has 0 heterocycles. The van der Waals surface area contributed by atoms with Gasteiger partial charge in [0.15, 0.2) is 0 Å². The summed E-state index contributed by atoms with van der Waals surface area (Å²) in [6, 6.07) is 2.48. The van der Waals surface area contributed by atoms with E-state index in [2.05, 4.69) is 5.92 Å². The standard InChI is InChI=1S/C12H12FNO4S/c1-3-7-14(4-2)19(17,18)11-8-9(13)5-6-10(11)12(15)16/h1,5-6,8H,4,7H2,2H3,(H,15,16). The van der Waals surface area contributed by atoms with E-state index in [9.17, 15) is 17.6 Å². The minimum absolute atomic E-state index is 0.0576. The normalized spacial score (nSPS) is 11.3. The van der Waals surface area contributed by atoms with Gasteiger partial charge in [-0.25, -0.2) is 17.6 Å². The van der Waals surface area contributed by atoms with E-state index in [0.717, 1.165) is 16.4 Å².